The zero-order valence-electron chi connectivity index (χ0n) is 21.5. The molecular formula is C27H34N4O7. The highest BCUT2D eigenvalue weighted by atomic mass is 16.5. The van der Waals surface area contributed by atoms with Gasteiger partial charge >= 0.3 is 11.7 Å². The van der Waals surface area contributed by atoms with Gasteiger partial charge in [0.15, 0.2) is 12.3 Å². The Morgan fingerprint density at radius 3 is 2.47 bits per heavy atom. The average Bonchev–Trinajstić information content (AvgIpc) is 2.86. The van der Waals surface area contributed by atoms with E-state index in [4.69, 9.17) is 15.2 Å². The van der Waals surface area contributed by atoms with E-state index in [0.717, 1.165) is 16.9 Å². The molecule has 204 valence electrons. The first-order chi connectivity index (χ1) is 18.1. The molecule has 1 amide bonds. The van der Waals surface area contributed by atoms with Crippen LogP contribution in [0.5, 0.6) is 0 Å². The van der Waals surface area contributed by atoms with E-state index >= 15 is 0 Å². The zero-order chi connectivity index (χ0) is 27.1. The standard InChI is InChI=1S/C27H34N4O7/c1-37-8-7-30(21-22(28)31(25(35)29-23(21)33)14-17-5-3-2-4-6-17)20(32)15-38-24(34)26-10-18-9-19(11-26)13-27(36,12-18)16-26/h2-6,18-19,36H,7-16,28H2,1H3,(H,29,33,35)/t18-,19-,26?,27?/m1/s1. The number of methoxy groups -OCH3 is 1. The number of amides is 1. The van der Waals surface area contributed by atoms with Crippen LogP contribution in [-0.2, 0) is 25.6 Å². The van der Waals surface area contributed by atoms with Gasteiger partial charge in [-0.25, -0.2) is 4.79 Å². The lowest BCUT2D eigenvalue weighted by Crippen LogP contribution is -2.58. The van der Waals surface area contributed by atoms with Gasteiger partial charge in [-0.1, -0.05) is 30.3 Å². The Morgan fingerprint density at radius 2 is 1.84 bits per heavy atom. The average molecular weight is 527 g/mol. The zero-order valence-corrected chi connectivity index (χ0v) is 21.5. The van der Waals surface area contributed by atoms with Crippen LogP contribution in [0.4, 0.5) is 11.5 Å². The van der Waals surface area contributed by atoms with Crippen molar-refractivity contribution >= 4 is 23.4 Å². The second-order valence-corrected chi connectivity index (χ2v) is 11.1. The predicted molar refractivity (Wildman–Crippen MR) is 139 cm³/mol. The van der Waals surface area contributed by atoms with Crippen LogP contribution in [0.1, 0.15) is 44.1 Å². The number of H-pyrrole nitrogens is 1. The highest BCUT2D eigenvalue weighted by Gasteiger charge is 2.61. The predicted octanol–water partition coefficient (Wildman–Crippen LogP) is 1.02. The Bertz CT molecular complexity index is 1320. The number of esters is 1. The molecule has 0 unspecified atom stereocenters. The lowest BCUT2D eigenvalue weighted by Gasteiger charge is -2.58. The molecule has 1 aromatic carbocycles. The molecule has 2 atom stereocenters. The number of ether oxygens (including phenoxy) is 2. The van der Waals surface area contributed by atoms with Crippen LogP contribution in [0.25, 0.3) is 0 Å². The molecule has 0 spiro atoms. The van der Waals surface area contributed by atoms with Crippen molar-refractivity contribution in [2.45, 2.75) is 50.7 Å². The Balaban J connectivity index is 1.37. The molecule has 4 bridgehead atoms. The van der Waals surface area contributed by atoms with Crippen molar-refractivity contribution in [3.05, 3.63) is 56.7 Å². The topological polar surface area (TPSA) is 157 Å². The number of hydrogen-bond donors (Lipinski definition) is 3. The van der Waals surface area contributed by atoms with Crippen molar-refractivity contribution in [2.24, 2.45) is 17.3 Å². The number of carbonyl (C=O) groups excluding carboxylic acids is 2. The van der Waals surface area contributed by atoms with Gasteiger partial charge in [0.25, 0.3) is 11.5 Å². The molecule has 4 N–H and O–H groups in total. The van der Waals surface area contributed by atoms with E-state index in [1.807, 2.05) is 30.3 Å². The van der Waals surface area contributed by atoms with E-state index in [1.54, 1.807) is 0 Å². The number of aromatic amines is 1. The van der Waals surface area contributed by atoms with E-state index in [0.29, 0.717) is 32.1 Å². The third-order valence-electron chi connectivity index (χ3n) is 8.28. The molecule has 2 aromatic rings. The first-order valence-corrected chi connectivity index (χ1v) is 13.0. The fourth-order valence-electron chi connectivity index (χ4n) is 7.12. The molecule has 4 aliphatic rings. The first-order valence-electron chi connectivity index (χ1n) is 13.0. The normalized spacial score (nSPS) is 27.3. The van der Waals surface area contributed by atoms with Crippen LogP contribution in [0.2, 0.25) is 0 Å². The third-order valence-corrected chi connectivity index (χ3v) is 8.28. The van der Waals surface area contributed by atoms with Crippen LogP contribution >= 0.6 is 0 Å². The van der Waals surface area contributed by atoms with Crippen molar-refractivity contribution in [1.29, 1.82) is 0 Å². The number of benzene rings is 1. The van der Waals surface area contributed by atoms with Crippen LogP contribution in [-0.4, -0.2) is 59.0 Å². The van der Waals surface area contributed by atoms with E-state index in [2.05, 4.69) is 4.98 Å². The number of aliphatic hydroxyl groups is 1. The number of carbonyl (C=O) groups is 2. The lowest BCUT2D eigenvalue weighted by atomic mass is 9.48. The van der Waals surface area contributed by atoms with E-state index in [-0.39, 0.29) is 43.0 Å². The van der Waals surface area contributed by atoms with Crippen molar-refractivity contribution in [1.82, 2.24) is 9.55 Å². The van der Waals surface area contributed by atoms with Crippen molar-refractivity contribution in [3.63, 3.8) is 0 Å². The molecule has 4 fully saturated rings. The quantitative estimate of drug-likeness (QED) is 0.409. The summed E-state index contributed by atoms with van der Waals surface area (Å²) in [6.07, 6.45) is 4.10. The summed E-state index contributed by atoms with van der Waals surface area (Å²) >= 11 is 0. The Kier molecular flexibility index (Phi) is 6.91. The van der Waals surface area contributed by atoms with Gasteiger partial charge in [-0.2, -0.15) is 0 Å². The summed E-state index contributed by atoms with van der Waals surface area (Å²) in [6, 6.07) is 9.09. The Hall–Kier alpha value is -3.44. The van der Waals surface area contributed by atoms with Gasteiger partial charge in [0.1, 0.15) is 5.82 Å². The van der Waals surface area contributed by atoms with Crippen LogP contribution in [0.3, 0.4) is 0 Å². The third kappa shape index (κ3) is 4.88. The van der Waals surface area contributed by atoms with Crippen LogP contribution in [0.15, 0.2) is 39.9 Å². The molecule has 38 heavy (non-hydrogen) atoms. The van der Waals surface area contributed by atoms with Gasteiger partial charge in [-0.05, 0) is 55.9 Å². The number of rotatable bonds is 9. The summed E-state index contributed by atoms with van der Waals surface area (Å²) in [6.45, 7) is -0.478. The first kappa shape index (κ1) is 26.2. The van der Waals surface area contributed by atoms with E-state index in [9.17, 15) is 24.3 Å². The molecule has 0 aliphatic heterocycles. The van der Waals surface area contributed by atoms with Crippen LogP contribution < -0.4 is 21.9 Å². The molecule has 1 aromatic heterocycles. The minimum absolute atomic E-state index is 0.0429. The number of hydrogen-bond acceptors (Lipinski definition) is 8. The SMILES string of the molecule is COCCN(C(=O)COC(=O)C12C[C@H]3C[C@@H](CC(O)(C3)C1)C2)c1c(N)n(Cc2ccccc2)c(=O)[nH]c1=O. The monoisotopic (exact) mass is 526 g/mol. The van der Waals surface area contributed by atoms with Gasteiger partial charge in [-0.3, -0.25) is 28.8 Å². The van der Waals surface area contributed by atoms with Crippen LogP contribution in [0, 0.1) is 17.3 Å². The highest BCUT2D eigenvalue weighted by Crippen LogP contribution is 2.62. The molecule has 4 saturated carbocycles. The maximum Gasteiger partial charge on any atom is 0.330 e. The van der Waals surface area contributed by atoms with Crippen molar-refractivity contribution < 1.29 is 24.2 Å². The number of nitrogens with two attached hydrogens (primary N) is 1. The second kappa shape index (κ2) is 10.0. The summed E-state index contributed by atoms with van der Waals surface area (Å²) in [7, 11) is 1.45. The smallest absolute Gasteiger partial charge is 0.330 e. The number of aromatic nitrogens is 2. The molecule has 0 saturated heterocycles. The molecule has 11 heteroatoms. The molecule has 0 radical (unpaired) electrons. The van der Waals surface area contributed by atoms with E-state index < -0.39 is 40.7 Å². The molecule has 4 aliphatic carbocycles. The molecular weight excluding hydrogens is 492 g/mol. The fourth-order valence-corrected chi connectivity index (χ4v) is 7.12. The van der Waals surface area contributed by atoms with Gasteiger partial charge in [-0.15, -0.1) is 0 Å². The second-order valence-electron chi connectivity index (χ2n) is 11.1. The maximum atomic E-state index is 13.4. The van der Waals surface area contributed by atoms with Gasteiger partial charge in [0.05, 0.1) is 24.2 Å². The van der Waals surface area contributed by atoms with Gasteiger partial charge in [0.2, 0.25) is 0 Å². The summed E-state index contributed by atoms with van der Waals surface area (Å²) in [4.78, 5) is 55.4. The Morgan fingerprint density at radius 1 is 1.16 bits per heavy atom. The lowest BCUT2D eigenvalue weighted by molar-refractivity contribution is -0.196. The van der Waals surface area contributed by atoms with E-state index in [1.165, 1.54) is 11.7 Å². The number of anilines is 2. The summed E-state index contributed by atoms with van der Waals surface area (Å²) in [5, 5.41) is 11.0. The number of nitrogens with zero attached hydrogens (tertiary/aromatic N) is 2. The summed E-state index contributed by atoms with van der Waals surface area (Å²) in [5.74, 6) is -0.762. The largest absolute Gasteiger partial charge is 0.455 e. The van der Waals surface area contributed by atoms with Crippen molar-refractivity contribution in [3.8, 4) is 0 Å². The minimum Gasteiger partial charge on any atom is -0.455 e. The molecule has 1 heterocycles. The van der Waals surface area contributed by atoms with Crippen molar-refractivity contribution in [2.75, 3.05) is 37.5 Å². The highest BCUT2D eigenvalue weighted by molar-refractivity contribution is 5.97. The number of nitrogen functional groups attached to an aromatic ring is 1. The summed E-state index contributed by atoms with van der Waals surface area (Å²) in [5.41, 5.74) is 3.71. The maximum absolute atomic E-state index is 13.4. The molecule has 6 rings (SSSR count). The molecule has 11 nitrogen and oxygen atoms in total. The van der Waals surface area contributed by atoms with Gasteiger partial charge in [0, 0.05) is 13.7 Å². The van der Waals surface area contributed by atoms with Gasteiger partial charge < -0.3 is 20.3 Å². The fraction of sp³-hybridized carbons (Fsp3) is 0.556. The Labute approximate surface area is 219 Å². The summed E-state index contributed by atoms with van der Waals surface area (Å²) < 4.78 is 11.8. The minimum atomic E-state index is -0.841. The number of nitrogens with one attached hydrogen (secondary N) is 1.